The normalized spacial score (nSPS) is 37.7. The summed E-state index contributed by atoms with van der Waals surface area (Å²) in [5, 5.41) is 0. The second-order valence-electron chi connectivity index (χ2n) is 8.19. The number of hydrogen-bond acceptors (Lipinski definition) is 5. The molecule has 2 heterocycles. The molecule has 9 heteroatoms. The Labute approximate surface area is 133 Å². The van der Waals surface area contributed by atoms with Crippen molar-refractivity contribution in [3.8, 4) is 0 Å². The highest BCUT2D eigenvalue weighted by atomic mass is 28.5. The highest BCUT2D eigenvalue weighted by molar-refractivity contribution is 6.88. The van der Waals surface area contributed by atoms with Gasteiger partial charge >= 0.3 is 25.9 Å². The van der Waals surface area contributed by atoms with E-state index in [4.69, 9.17) is 21.2 Å². The second-order valence-corrected chi connectivity index (χ2v) is 22.5. The molecule has 0 bridgehead atoms. The molecular formula is C12H30O5Si4. The molecule has 0 aromatic carbocycles. The van der Waals surface area contributed by atoms with Crippen molar-refractivity contribution in [3.05, 3.63) is 0 Å². The molecule has 2 aliphatic heterocycles. The summed E-state index contributed by atoms with van der Waals surface area (Å²) in [4.78, 5) is 0. The molecule has 2 saturated heterocycles. The minimum absolute atomic E-state index is 0.269. The predicted molar refractivity (Wildman–Crippen MR) is 92.2 cm³/mol. The van der Waals surface area contributed by atoms with E-state index in [1.54, 1.807) is 0 Å². The van der Waals surface area contributed by atoms with Crippen molar-refractivity contribution in [2.24, 2.45) is 0 Å². The molecule has 0 aliphatic carbocycles. The Balaban J connectivity index is 2.33. The van der Waals surface area contributed by atoms with Gasteiger partial charge in [-0.3, -0.25) is 0 Å². The first-order chi connectivity index (χ1) is 9.24. The van der Waals surface area contributed by atoms with Gasteiger partial charge in [-0.05, 0) is 59.2 Å². The van der Waals surface area contributed by atoms with Crippen LogP contribution in [0.2, 0.25) is 51.4 Å². The van der Waals surface area contributed by atoms with Crippen molar-refractivity contribution in [2.75, 3.05) is 6.61 Å². The molecule has 1 atom stereocenters. The zero-order valence-electron chi connectivity index (χ0n) is 14.7. The Morgan fingerprint density at radius 2 is 1.33 bits per heavy atom. The van der Waals surface area contributed by atoms with Crippen LogP contribution >= 0.6 is 0 Å². The molecule has 2 fully saturated rings. The van der Waals surface area contributed by atoms with Gasteiger partial charge in [0.25, 0.3) is 0 Å². The maximum Gasteiger partial charge on any atom is 0.494 e. The van der Waals surface area contributed by atoms with E-state index in [2.05, 4.69) is 53.1 Å². The van der Waals surface area contributed by atoms with Crippen LogP contribution in [0, 0.1) is 0 Å². The van der Waals surface area contributed by atoms with Crippen molar-refractivity contribution in [1.82, 2.24) is 0 Å². The summed E-state index contributed by atoms with van der Waals surface area (Å²) >= 11 is 0. The van der Waals surface area contributed by atoms with Gasteiger partial charge in [-0.25, -0.2) is 0 Å². The molecule has 0 N–H and O–H groups in total. The smallest absolute Gasteiger partial charge is 0.436 e. The largest absolute Gasteiger partial charge is 0.494 e. The molecule has 2 rings (SSSR count). The van der Waals surface area contributed by atoms with E-state index >= 15 is 0 Å². The van der Waals surface area contributed by atoms with E-state index in [0.29, 0.717) is 0 Å². The average Bonchev–Trinajstić information content (AvgIpc) is 2.04. The molecule has 0 radical (unpaired) electrons. The molecule has 0 amide bonds. The standard InChI is InChI=1S/C12H30O5Si4/c1-12(2)11-18(3,4)15-19(5,6)16-20(7,8)17-21(14-12)10-9-13-21/h9-11H2,1-8H3. The van der Waals surface area contributed by atoms with Crippen LogP contribution in [0.4, 0.5) is 0 Å². The van der Waals surface area contributed by atoms with Crippen LogP contribution in [0.25, 0.3) is 0 Å². The van der Waals surface area contributed by atoms with Gasteiger partial charge in [0.05, 0.1) is 5.60 Å². The van der Waals surface area contributed by atoms with E-state index < -0.39 is 34.2 Å². The van der Waals surface area contributed by atoms with E-state index in [-0.39, 0.29) is 5.60 Å². The minimum atomic E-state index is -2.54. The molecule has 124 valence electrons. The first-order valence-corrected chi connectivity index (χ1v) is 18.4. The summed E-state index contributed by atoms with van der Waals surface area (Å²) in [6.45, 7) is 17.9. The van der Waals surface area contributed by atoms with E-state index in [1.165, 1.54) is 0 Å². The topological polar surface area (TPSA) is 46.2 Å². The van der Waals surface area contributed by atoms with Crippen LogP contribution in [-0.2, 0) is 21.2 Å². The summed E-state index contributed by atoms with van der Waals surface area (Å²) in [5.74, 6) is 0. The summed E-state index contributed by atoms with van der Waals surface area (Å²) in [7, 11) is -8.93. The zero-order valence-corrected chi connectivity index (χ0v) is 18.7. The fourth-order valence-electron chi connectivity index (χ4n) is 3.64. The van der Waals surface area contributed by atoms with Gasteiger partial charge in [-0.15, -0.1) is 0 Å². The van der Waals surface area contributed by atoms with Gasteiger partial charge in [0.15, 0.2) is 8.32 Å². The number of hydrogen-bond donors (Lipinski definition) is 0. The van der Waals surface area contributed by atoms with E-state index in [1.807, 2.05) is 0 Å². The van der Waals surface area contributed by atoms with Crippen molar-refractivity contribution in [2.45, 2.75) is 70.8 Å². The number of rotatable bonds is 0. The monoisotopic (exact) mass is 366 g/mol. The Morgan fingerprint density at radius 1 is 0.810 bits per heavy atom. The lowest BCUT2D eigenvalue weighted by Crippen LogP contribution is -2.67. The molecule has 5 nitrogen and oxygen atoms in total. The van der Waals surface area contributed by atoms with Crippen molar-refractivity contribution in [1.29, 1.82) is 0 Å². The first kappa shape index (κ1) is 18.0. The van der Waals surface area contributed by atoms with Gasteiger partial charge in [0.2, 0.25) is 0 Å². The van der Waals surface area contributed by atoms with Gasteiger partial charge in [0, 0.05) is 12.7 Å². The molecule has 2 aliphatic rings. The molecule has 1 spiro atoms. The van der Waals surface area contributed by atoms with Gasteiger partial charge in [-0.1, -0.05) is 0 Å². The summed E-state index contributed by atoms with van der Waals surface area (Å²) in [6, 6.07) is 1.82. The average molecular weight is 367 g/mol. The molecule has 0 aromatic rings. The fourth-order valence-corrected chi connectivity index (χ4v) is 22.8. The zero-order chi connectivity index (χ0) is 16.2. The Morgan fingerprint density at radius 3 is 1.81 bits per heavy atom. The molecule has 1 unspecified atom stereocenters. The Kier molecular flexibility index (Phi) is 4.59. The minimum Gasteiger partial charge on any atom is -0.436 e. The van der Waals surface area contributed by atoms with Gasteiger partial charge in [-0.2, -0.15) is 0 Å². The molecule has 0 saturated carbocycles. The lowest BCUT2D eigenvalue weighted by Gasteiger charge is -2.50. The second kappa shape index (κ2) is 5.35. The Bertz CT molecular complexity index is 374. The maximum absolute atomic E-state index is 6.50. The third-order valence-electron chi connectivity index (χ3n) is 3.43. The fraction of sp³-hybridized carbons (Fsp3) is 1.00. The van der Waals surface area contributed by atoms with Crippen LogP contribution in [0.3, 0.4) is 0 Å². The van der Waals surface area contributed by atoms with Crippen LogP contribution < -0.4 is 0 Å². The summed E-state index contributed by atoms with van der Waals surface area (Å²) < 4.78 is 31.5. The van der Waals surface area contributed by atoms with Crippen molar-refractivity contribution >= 4 is 34.2 Å². The highest BCUT2D eigenvalue weighted by Crippen LogP contribution is 2.39. The van der Waals surface area contributed by atoms with Gasteiger partial charge < -0.3 is 21.2 Å². The van der Waals surface area contributed by atoms with Gasteiger partial charge in [0.1, 0.15) is 0 Å². The maximum atomic E-state index is 6.50. The quantitative estimate of drug-likeness (QED) is 0.615. The van der Waals surface area contributed by atoms with Crippen LogP contribution in [0.5, 0.6) is 0 Å². The summed E-state index contributed by atoms with van der Waals surface area (Å²) in [6.07, 6.45) is 0. The lowest BCUT2D eigenvalue weighted by atomic mass is 10.2. The Hall–Kier alpha value is 0.668. The molecule has 0 aromatic heterocycles. The van der Waals surface area contributed by atoms with Crippen LogP contribution in [-0.4, -0.2) is 46.5 Å². The SMILES string of the molecule is CC1(C)C[Si](C)(C)O[Si](C)(C)O[Si](C)(C)O[Si]2(CCO2)O1. The van der Waals surface area contributed by atoms with Crippen molar-refractivity contribution < 1.29 is 21.2 Å². The van der Waals surface area contributed by atoms with E-state index in [0.717, 1.165) is 18.7 Å². The lowest BCUT2D eigenvalue weighted by molar-refractivity contribution is -0.0148. The molecule has 21 heavy (non-hydrogen) atoms. The first-order valence-electron chi connectivity index (χ1n) is 7.69. The third kappa shape index (κ3) is 4.82. The summed E-state index contributed by atoms with van der Waals surface area (Å²) in [5.41, 5.74) is -0.269. The van der Waals surface area contributed by atoms with Crippen LogP contribution in [0.15, 0.2) is 0 Å². The third-order valence-corrected chi connectivity index (χ3v) is 18.8. The predicted octanol–water partition coefficient (Wildman–Crippen LogP) is 3.42. The molecular weight excluding hydrogens is 336 g/mol. The highest BCUT2D eigenvalue weighted by Gasteiger charge is 2.58. The van der Waals surface area contributed by atoms with Crippen LogP contribution in [0.1, 0.15) is 13.8 Å². The van der Waals surface area contributed by atoms with E-state index in [9.17, 15) is 0 Å². The van der Waals surface area contributed by atoms with Crippen molar-refractivity contribution in [3.63, 3.8) is 0 Å².